The smallest absolute Gasteiger partial charge is 0.268 e. The predicted octanol–water partition coefficient (Wildman–Crippen LogP) is 1.63. The Kier molecular flexibility index (Phi) is 3.53. The Morgan fingerprint density at radius 2 is 2.28 bits per heavy atom. The van der Waals surface area contributed by atoms with E-state index in [4.69, 9.17) is 5.26 Å². The van der Waals surface area contributed by atoms with Crippen molar-refractivity contribution in [1.82, 2.24) is 14.5 Å². The maximum Gasteiger partial charge on any atom is 0.268 e. The SMILES string of the molecule is Cc1ncn(Cc2cccnc2C#N)c(=O)c1Br. The van der Waals surface area contributed by atoms with Crippen LogP contribution in [0.3, 0.4) is 0 Å². The van der Waals surface area contributed by atoms with Crippen molar-refractivity contribution in [3.63, 3.8) is 0 Å². The van der Waals surface area contributed by atoms with Crippen LogP contribution in [0, 0.1) is 18.3 Å². The van der Waals surface area contributed by atoms with Gasteiger partial charge >= 0.3 is 0 Å². The molecule has 18 heavy (non-hydrogen) atoms. The standard InChI is InChI=1S/C12H9BrN4O/c1-8-11(13)12(18)17(7-16-8)6-9-3-2-4-15-10(9)5-14/h2-4,7H,6H2,1H3. The lowest BCUT2D eigenvalue weighted by atomic mass is 10.2. The van der Waals surface area contributed by atoms with Gasteiger partial charge in [0.1, 0.15) is 16.2 Å². The molecule has 2 rings (SSSR count). The molecule has 0 atom stereocenters. The summed E-state index contributed by atoms with van der Waals surface area (Å²) < 4.78 is 1.88. The molecule has 6 heteroatoms. The van der Waals surface area contributed by atoms with Crippen molar-refractivity contribution in [2.24, 2.45) is 0 Å². The van der Waals surface area contributed by atoms with E-state index in [1.165, 1.54) is 10.9 Å². The van der Waals surface area contributed by atoms with E-state index in [2.05, 4.69) is 25.9 Å². The van der Waals surface area contributed by atoms with Gasteiger partial charge in [-0.25, -0.2) is 9.97 Å². The molecule has 0 radical (unpaired) electrons. The van der Waals surface area contributed by atoms with E-state index in [0.717, 1.165) is 0 Å². The molecular formula is C12H9BrN4O. The lowest BCUT2D eigenvalue weighted by molar-refractivity contribution is 0.720. The zero-order valence-corrected chi connectivity index (χ0v) is 11.2. The maximum atomic E-state index is 12.0. The third-order valence-electron chi connectivity index (χ3n) is 2.49. The third-order valence-corrected chi connectivity index (χ3v) is 3.41. The van der Waals surface area contributed by atoms with E-state index in [-0.39, 0.29) is 12.1 Å². The summed E-state index contributed by atoms with van der Waals surface area (Å²) in [6.45, 7) is 2.03. The van der Waals surface area contributed by atoms with E-state index >= 15 is 0 Å². The second-order valence-corrected chi connectivity index (χ2v) is 4.49. The molecular weight excluding hydrogens is 296 g/mol. The fourth-order valence-electron chi connectivity index (χ4n) is 1.51. The van der Waals surface area contributed by atoms with Crippen molar-refractivity contribution < 1.29 is 0 Å². The van der Waals surface area contributed by atoms with Crippen LogP contribution in [-0.2, 0) is 6.54 Å². The highest BCUT2D eigenvalue weighted by molar-refractivity contribution is 9.10. The van der Waals surface area contributed by atoms with Gasteiger partial charge in [0.15, 0.2) is 0 Å². The number of rotatable bonds is 2. The minimum atomic E-state index is -0.171. The van der Waals surface area contributed by atoms with Crippen molar-refractivity contribution in [2.45, 2.75) is 13.5 Å². The molecule has 2 heterocycles. The number of hydrogen-bond acceptors (Lipinski definition) is 4. The van der Waals surface area contributed by atoms with E-state index in [1.807, 2.05) is 6.07 Å². The average Bonchev–Trinajstić information content (AvgIpc) is 2.40. The largest absolute Gasteiger partial charge is 0.294 e. The molecule has 0 bridgehead atoms. The van der Waals surface area contributed by atoms with Gasteiger partial charge < -0.3 is 0 Å². The Morgan fingerprint density at radius 3 is 3.00 bits per heavy atom. The van der Waals surface area contributed by atoms with Gasteiger partial charge in [0, 0.05) is 11.8 Å². The highest BCUT2D eigenvalue weighted by Crippen LogP contribution is 2.09. The highest BCUT2D eigenvalue weighted by atomic mass is 79.9. The molecule has 0 N–H and O–H groups in total. The molecule has 2 aromatic heterocycles. The summed E-state index contributed by atoms with van der Waals surface area (Å²) in [4.78, 5) is 20.0. The third kappa shape index (κ3) is 2.31. The van der Waals surface area contributed by atoms with Crippen molar-refractivity contribution >= 4 is 15.9 Å². The van der Waals surface area contributed by atoms with Gasteiger partial charge in [0.05, 0.1) is 18.6 Å². The first-order chi connectivity index (χ1) is 8.63. The molecule has 0 fully saturated rings. The van der Waals surface area contributed by atoms with Crippen LogP contribution in [0.4, 0.5) is 0 Å². The summed E-state index contributed by atoms with van der Waals surface area (Å²) in [6.07, 6.45) is 3.02. The summed E-state index contributed by atoms with van der Waals surface area (Å²) in [5.41, 5.74) is 1.49. The number of halogens is 1. The molecule has 0 aliphatic heterocycles. The number of hydrogen-bond donors (Lipinski definition) is 0. The summed E-state index contributed by atoms with van der Waals surface area (Å²) in [5.74, 6) is 0. The second kappa shape index (κ2) is 5.10. The van der Waals surface area contributed by atoms with Gasteiger partial charge in [0.2, 0.25) is 0 Å². The van der Waals surface area contributed by atoms with E-state index in [0.29, 0.717) is 21.4 Å². The zero-order valence-electron chi connectivity index (χ0n) is 9.59. The quantitative estimate of drug-likeness (QED) is 0.845. The minimum Gasteiger partial charge on any atom is -0.294 e. The normalized spacial score (nSPS) is 10.1. The Morgan fingerprint density at radius 1 is 1.50 bits per heavy atom. The van der Waals surface area contributed by atoms with Gasteiger partial charge in [0.25, 0.3) is 5.56 Å². The average molecular weight is 305 g/mol. The van der Waals surface area contributed by atoms with Crippen LogP contribution in [0.15, 0.2) is 33.9 Å². The highest BCUT2D eigenvalue weighted by Gasteiger charge is 2.08. The molecule has 0 saturated carbocycles. The molecule has 0 aliphatic rings. The molecule has 5 nitrogen and oxygen atoms in total. The van der Waals surface area contributed by atoms with Crippen LogP contribution in [0.1, 0.15) is 17.0 Å². The molecule has 0 aliphatic carbocycles. The Balaban J connectivity index is 2.45. The van der Waals surface area contributed by atoms with Crippen LogP contribution in [0.2, 0.25) is 0 Å². The summed E-state index contributed by atoms with van der Waals surface area (Å²) in [5, 5.41) is 8.94. The summed E-state index contributed by atoms with van der Waals surface area (Å²) in [7, 11) is 0. The van der Waals surface area contributed by atoms with Gasteiger partial charge in [-0.2, -0.15) is 5.26 Å². The first-order valence-electron chi connectivity index (χ1n) is 5.19. The number of pyridine rings is 1. The molecule has 0 amide bonds. The van der Waals surface area contributed by atoms with Crippen LogP contribution in [-0.4, -0.2) is 14.5 Å². The van der Waals surface area contributed by atoms with Crippen molar-refractivity contribution in [1.29, 1.82) is 5.26 Å². The topological polar surface area (TPSA) is 71.6 Å². The molecule has 0 spiro atoms. The molecule has 0 saturated heterocycles. The fourth-order valence-corrected chi connectivity index (χ4v) is 1.84. The van der Waals surface area contributed by atoms with Crippen LogP contribution >= 0.6 is 15.9 Å². The van der Waals surface area contributed by atoms with Crippen molar-refractivity contribution in [3.8, 4) is 6.07 Å². The monoisotopic (exact) mass is 304 g/mol. The minimum absolute atomic E-state index is 0.171. The van der Waals surface area contributed by atoms with Crippen LogP contribution in [0.25, 0.3) is 0 Å². The van der Waals surface area contributed by atoms with Gasteiger partial charge in [-0.15, -0.1) is 0 Å². The predicted molar refractivity (Wildman–Crippen MR) is 69.0 cm³/mol. The molecule has 0 aromatic carbocycles. The lowest BCUT2D eigenvalue weighted by Crippen LogP contribution is -2.23. The summed E-state index contributed by atoms with van der Waals surface area (Å²) >= 11 is 3.20. The van der Waals surface area contributed by atoms with Gasteiger partial charge in [-0.3, -0.25) is 9.36 Å². The fraction of sp³-hybridized carbons (Fsp3) is 0.167. The molecule has 2 aromatic rings. The zero-order chi connectivity index (χ0) is 13.1. The van der Waals surface area contributed by atoms with Gasteiger partial charge in [-0.05, 0) is 28.9 Å². The second-order valence-electron chi connectivity index (χ2n) is 3.70. The number of aromatic nitrogens is 3. The number of aryl methyl sites for hydroxylation is 1. The number of nitriles is 1. The Hall–Kier alpha value is -2.00. The van der Waals surface area contributed by atoms with Gasteiger partial charge in [-0.1, -0.05) is 6.07 Å². The van der Waals surface area contributed by atoms with E-state index in [1.54, 1.807) is 25.3 Å². The summed E-state index contributed by atoms with van der Waals surface area (Å²) in [6, 6.07) is 5.51. The Bertz CT molecular complexity index is 687. The van der Waals surface area contributed by atoms with Crippen molar-refractivity contribution in [2.75, 3.05) is 0 Å². The first kappa shape index (κ1) is 12.5. The maximum absolute atomic E-state index is 12.0. The molecule has 90 valence electrons. The first-order valence-corrected chi connectivity index (χ1v) is 5.98. The van der Waals surface area contributed by atoms with E-state index in [9.17, 15) is 4.79 Å². The van der Waals surface area contributed by atoms with Crippen LogP contribution in [0.5, 0.6) is 0 Å². The number of nitrogens with zero attached hydrogens (tertiary/aromatic N) is 4. The lowest BCUT2D eigenvalue weighted by Gasteiger charge is -2.07. The van der Waals surface area contributed by atoms with Crippen molar-refractivity contribution in [3.05, 3.63) is 56.4 Å². The van der Waals surface area contributed by atoms with Crippen LogP contribution < -0.4 is 5.56 Å². The molecule has 0 unspecified atom stereocenters. The Labute approximate surface area is 112 Å². The van der Waals surface area contributed by atoms with E-state index < -0.39 is 0 Å².